The topological polar surface area (TPSA) is 54.0 Å². The van der Waals surface area contributed by atoms with E-state index in [0.717, 1.165) is 23.6 Å². The van der Waals surface area contributed by atoms with Crippen LogP contribution < -0.4 is 10.6 Å². The molecule has 0 aliphatic heterocycles. The van der Waals surface area contributed by atoms with E-state index in [1.165, 1.54) is 69.8 Å². The van der Waals surface area contributed by atoms with E-state index < -0.39 is 0 Å². The summed E-state index contributed by atoms with van der Waals surface area (Å²) in [4.78, 5) is 16.6. The second kappa shape index (κ2) is 14.1. The van der Waals surface area contributed by atoms with Crippen LogP contribution in [-0.2, 0) is 24.3 Å². The minimum atomic E-state index is -0.255. The van der Waals surface area contributed by atoms with Crippen LogP contribution in [0.3, 0.4) is 0 Å². The number of aryl methyl sites for hydroxylation is 1. The first-order chi connectivity index (χ1) is 15.7. The molecule has 1 fully saturated rings. The lowest BCUT2D eigenvalue weighted by Gasteiger charge is -2.21. The summed E-state index contributed by atoms with van der Waals surface area (Å²) in [5.74, 6) is 1.04. The van der Waals surface area contributed by atoms with Crippen LogP contribution in [0.1, 0.15) is 88.0 Å². The quantitative estimate of drug-likeness (QED) is 0.382. The van der Waals surface area contributed by atoms with E-state index in [1.54, 1.807) is 6.20 Å². The van der Waals surface area contributed by atoms with Gasteiger partial charge >= 0.3 is 0 Å². The van der Waals surface area contributed by atoms with E-state index in [-0.39, 0.29) is 11.9 Å². The van der Waals surface area contributed by atoms with Crippen LogP contribution in [0, 0.1) is 5.92 Å². The molecule has 3 rings (SSSR count). The summed E-state index contributed by atoms with van der Waals surface area (Å²) >= 11 is 0. The number of rotatable bonds is 13. The first-order valence-corrected chi connectivity index (χ1v) is 12.7. The van der Waals surface area contributed by atoms with Crippen LogP contribution in [0.25, 0.3) is 0 Å². The first-order valence-electron chi connectivity index (χ1n) is 12.7. The van der Waals surface area contributed by atoms with Crippen LogP contribution >= 0.6 is 0 Å². The van der Waals surface area contributed by atoms with Crippen molar-refractivity contribution in [1.29, 1.82) is 0 Å². The summed E-state index contributed by atoms with van der Waals surface area (Å²) in [6.07, 6.45) is 17.1. The molecule has 1 atom stereocenters. The predicted octanol–water partition coefficient (Wildman–Crippen LogP) is 5.95. The van der Waals surface area contributed by atoms with E-state index in [9.17, 15) is 4.79 Å². The van der Waals surface area contributed by atoms with Gasteiger partial charge in [-0.15, -0.1) is 0 Å². The van der Waals surface area contributed by atoms with E-state index >= 15 is 0 Å². The second-order valence-corrected chi connectivity index (χ2v) is 9.41. The summed E-state index contributed by atoms with van der Waals surface area (Å²) < 4.78 is 0. The van der Waals surface area contributed by atoms with Gasteiger partial charge in [0.15, 0.2) is 0 Å². The highest BCUT2D eigenvalue weighted by Crippen LogP contribution is 2.28. The highest BCUT2D eigenvalue weighted by molar-refractivity contribution is 5.81. The molecule has 2 N–H and O–H groups in total. The number of amides is 1. The van der Waals surface area contributed by atoms with E-state index in [1.807, 2.05) is 25.1 Å². The molecule has 4 nitrogen and oxygen atoms in total. The SMILES string of the molecule is C[C@H](NCc1ccccn1)C(=O)NCc1ccc(CCCCCCC2CCCCC2)cc1. The number of carbonyl (C=O) groups is 1. The van der Waals surface area contributed by atoms with Gasteiger partial charge in [0.05, 0.1) is 11.7 Å². The van der Waals surface area contributed by atoms with Gasteiger partial charge in [0.25, 0.3) is 0 Å². The number of aromatic nitrogens is 1. The lowest BCUT2D eigenvalue weighted by atomic mass is 9.85. The molecule has 1 heterocycles. The van der Waals surface area contributed by atoms with Crippen molar-refractivity contribution in [2.24, 2.45) is 5.92 Å². The molecule has 0 spiro atoms. The standard InChI is InChI=1S/C28H41N3O/c1-23(30-22-27-15-9-10-20-29-27)28(32)31-21-26-18-16-25(17-19-26)14-6-3-2-5-11-24-12-7-4-8-13-24/h9-10,15-20,23-24,30H,2-8,11-14,21-22H2,1H3,(H,31,32)/t23-/m0/s1. The average molecular weight is 436 g/mol. The summed E-state index contributed by atoms with van der Waals surface area (Å²) in [7, 11) is 0. The van der Waals surface area contributed by atoms with Crippen molar-refractivity contribution in [3.63, 3.8) is 0 Å². The number of pyridine rings is 1. The van der Waals surface area contributed by atoms with Gasteiger partial charge in [-0.05, 0) is 48.9 Å². The second-order valence-electron chi connectivity index (χ2n) is 9.41. The molecule has 1 aliphatic carbocycles. The van der Waals surface area contributed by atoms with E-state index in [4.69, 9.17) is 0 Å². The first kappa shape index (κ1) is 24.4. The fourth-order valence-electron chi connectivity index (χ4n) is 4.61. The molecule has 1 aliphatic rings. The molecule has 1 amide bonds. The molecule has 2 aromatic rings. The minimum absolute atomic E-state index is 0.0123. The van der Waals surface area contributed by atoms with Crippen LogP contribution in [0.15, 0.2) is 48.7 Å². The zero-order chi connectivity index (χ0) is 22.4. The molecular weight excluding hydrogens is 394 g/mol. The Morgan fingerprint density at radius 3 is 2.44 bits per heavy atom. The molecule has 1 saturated carbocycles. The number of nitrogens with zero attached hydrogens (tertiary/aromatic N) is 1. The van der Waals surface area contributed by atoms with E-state index in [2.05, 4.69) is 39.9 Å². The Labute approximate surface area is 194 Å². The lowest BCUT2D eigenvalue weighted by Crippen LogP contribution is -2.41. The zero-order valence-electron chi connectivity index (χ0n) is 19.8. The Balaban J connectivity index is 1.25. The van der Waals surface area contributed by atoms with Gasteiger partial charge in [0, 0.05) is 19.3 Å². The van der Waals surface area contributed by atoms with Crippen molar-refractivity contribution < 1.29 is 4.79 Å². The lowest BCUT2D eigenvalue weighted by molar-refractivity contribution is -0.122. The van der Waals surface area contributed by atoms with Gasteiger partial charge in [0.1, 0.15) is 0 Å². The van der Waals surface area contributed by atoms with E-state index in [0.29, 0.717) is 13.1 Å². The third-order valence-corrected chi connectivity index (χ3v) is 6.75. The van der Waals surface area contributed by atoms with Crippen molar-refractivity contribution in [3.05, 3.63) is 65.5 Å². The fraction of sp³-hybridized carbons (Fsp3) is 0.571. The summed E-state index contributed by atoms with van der Waals surface area (Å²) in [6, 6.07) is 14.3. The third-order valence-electron chi connectivity index (χ3n) is 6.75. The minimum Gasteiger partial charge on any atom is -0.351 e. The number of carbonyl (C=O) groups excluding carboxylic acids is 1. The Bertz CT molecular complexity index is 769. The maximum absolute atomic E-state index is 12.3. The van der Waals surface area contributed by atoms with Gasteiger partial charge < -0.3 is 10.6 Å². The van der Waals surface area contributed by atoms with Gasteiger partial charge in [-0.3, -0.25) is 9.78 Å². The van der Waals surface area contributed by atoms with Crippen LogP contribution in [0.2, 0.25) is 0 Å². The number of benzene rings is 1. The van der Waals surface area contributed by atoms with Gasteiger partial charge in [-0.25, -0.2) is 0 Å². The van der Waals surface area contributed by atoms with Gasteiger partial charge in [0.2, 0.25) is 5.91 Å². The summed E-state index contributed by atoms with van der Waals surface area (Å²) in [5.41, 5.74) is 3.48. The highest BCUT2D eigenvalue weighted by Gasteiger charge is 2.13. The van der Waals surface area contributed by atoms with Gasteiger partial charge in [-0.1, -0.05) is 88.1 Å². The molecule has 0 radical (unpaired) electrons. The predicted molar refractivity (Wildman–Crippen MR) is 132 cm³/mol. The normalized spacial score (nSPS) is 15.4. The Kier molecular flexibility index (Phi) is 10.7. The van der Waals surface area contributed by atoms with Crippen molar-refractivity contribution in [3.8, 4) is 0 Å². The number of hydrogen-bond donors (Lipinski definition) is 2. The Morgan fingerprint density at radius 2 is 1.69 bits per heavy atom. The maximum Gasteiger partial charge on any atom is 0.237 e. The zero-order valence-corrected chi connectivity index (χ0v) is 19.8. The highest BCUT2D eigenvalue weighted by atomic mass is 16.2. The van der Waals surface area contributed by atoms with Crippen LogP contribution in [-0.4, -0.2) is 16.9 Å². The average Bonchev–Trinajstić information content (AvgIpc) is 2.85. The molecule has 1 aromatic carbocycles. The summed E-state index contributed by atoms with van der Waals surface area (Å²) in [6.45, 7) is 3.04. The molecule has 174 valence electrons. The molecule has 4 heteroatoms. The van der Waals surface area contributed by atoms with Crippen LogP contribution in [0.5, 0.6) is 0 Å². The third kappa shape index (κ3) is 9.12. The molecule has 0 unspecified atom stereocenters. The maximum atomic E-state index is 12.3. The molecule has 1 aromatic heterocycles. The fourth-order valence-corrected chi connectivity index (χ4v) is 4.61. The molecule has 32 heavy (non-hydrogen) atoms. The summed E-state index contributed by atoms with van der Waals surface area (Å²) in [5, 5.41) is 6.25. The Hall–Kier alpha value is -2.20. The van der Waals surface area contributed by atoms with Gasteiger partial charge in [-0.2, -0.15) is 0 Å². The molecular formula is C28H41N3O. The van der Waals surface area contributed by atoms with Crippen molar-refractivity contribution >= 4 is 5.91 Å². The number of nitrogens with one attached hydrogen (secondary N) is 2. The Morgan fingerprint density at radius 1 is 0.938 bits per heavy atom. The monoisotopic (exact) mass is 435 g/mol. The molecule has 0 saturated heterocycles. The molecule has 0 bridgehead atoms. The van der Waals surface area contributed by atoms with Crippen molar-refractivity contribution in [2.45, 2.75) is 96.7 Å². The largest absolute Gasteiger partial charge is 0.351 e. The van der Waals surface area contributed by atoms with Crippen LogP contribution in [0.4, 0.5) is 0 Å². The number of hydrogen-bond acceptors (Lipinski definition) is 3. The van der Waals surface area contributed by atoms with Crippen molar-refractivity contribution in [2.75, 3.05) is 0 Å². The van der Waals surface area contributed by atoms with Crippen molar-refractivity contribution in [1.82, 2.24) is 15.6 Å². The smallest absolute Gasteiger partial charge is 0.237 e. The number of unbranched alkanes of at least 4 members (excludes halogenated alkanes) is 3.